The molecule has 0 radical (unpaired) electrons. The molecule has 0 spiro atoms. The van der Waals surface area contributed by atoms with Crippen molar-refractivity contribution in [2.75, 3.05) is 4.90 Å². The molecule has 1 fully saturated rings. The quantitative estimate of drug-likeness (QED) is 0.502. The molecule has 142 valence electrons. The second kappa shape index (κ2) is 6.53. The summed E-state index contributed by atoms with van der Waals surface area (Å²) in [4.78, 5) is 39.2. The zero-order valence-electron chi connectivity index (χ0n) is 15.5. The zero-order chi connectivity index (χ0) is 20.2. The monoisotopic (exact) mass is 396 g/mol. The smallest absolute Gasteiger partial charge is 0.295 e. The fourth-order valence-electron chi connectivity index (χ4n) is 3.74. The summed E-state index contributed by atoms with van der Waals surface area (Å²) < 4.78 is 1.77. The van der Waals surface area contributed by atoms with Gasteiger partial charge in [0, 0.05) is 11.2 Å². The molecule has 2 atom stereocenters. The van der Waals surface area contributed by atoms with Crippen LogP contribution in [-0.2, 0) is 14.4 Å². The van der Waals surface area contributed by atoms with Gasteiger partial charge in [-0.1, -0.05) is 23.7 Å². The van der Waals surface area contributed by atoms with E-state index in [9.17, 15) is 14.4 Å². The van der Waals surface area contributed by atoms with Gasteiger partial charge in [0.2, 0.25) is 5.78 Å². The lowest BCUT2D eigenvalue weighted by Crippen LogP contribution is -2.30. The number of fused-ring (bicyclic) bond motifs is 1. The van der Waals surface area contributed by atoms with Gasteiger partial charge in [-0.2, -0.15) is 0 Å². The normalized spacial score (nSPS) is 19.6. The van der Waals surface area contributed by atoms with E-state index in [-0.39, 0.29) is 5.78 Å². The average Bonchev–Trinajstić information content (AvgIpc) is 3.14. The Kier molecular flexibility index (Phi) is 4.27. The summed E-state index contributed by atoms with van der Waals surface area (Å²) in [6.45, 7) is 4.99. The van der Waals surface area contributed by atoms with E-state index < -0.39 is 23.7 Å². The van der Waals surface area contributed by atoms with Gasteiger partial charge in [0.25, 0.3) is 5.91 Å². The Labute approximate surface area is 165 Å². The van der Waals surface area contributed by atoms with Crippen molar-refractivity contribution in [2.45, 2.75) is 26.8 Å². The van der Waals surface area contributed by atoms with E-state index in [0.717, 1.165) is 5.56 Å². The molecule has 8 heteroatoms. The first-order valence-corrected chi connectivity index (χ1v) is 9.12. The van der Waals surface area contributed by atoms with Crippen molar-refractivity contribution in [3.8, 4) is 0 Å². The maximum Gasteiger partial charge on any atom is 0.295 e. The van der Waals surface area contributed by atoms with E-state index in [4.69, 9.17) is 11.6 Å². The number of benzene rings is 1. The van der Waals surface area contributed by atoms with Crippen molar-refractivity contribution in [1.29, 1.82) is 0 Å². The number of carbonyl (C=O) groups excluding carboxylic acids is 3. The fraction of sp³-hybridized carbons (Fsp3) is 0.250. The predicted molar refractivity (Wildman–Crippen MR) is 103 cm³/mol. The molecule has 0 aliphatic carbocycles. The lowest BCUT2D eigenvalue weighted by atomic mass is 9.90. The third kappa shape index (κ3) is 2.70. The molecular weight excluding hydrogens is 380 g/mol. The van der Waals surface area contributed by atoms with Crippen LogP contribution in [0, 0.1) is 19.8 Å². The van der Waals surface area contributed by atoms with Crippen LogP contribution in [0.2, 0.25) is 5.02 Å². The number of halogens is 1. The number of pyridine rings is 1. The van der Waals surface area contributed by atoms with E-state index in [1.807, 2.05) is 6.92 Å². The standard InChI is InChI=1S/C20H17ClN4O3/c1-10-8-15(9-24-12(3)22-23-19(10)24)25-17(13-4-6-14(21)7-5-13)16(11(2)26)18(27)20(25)28/h4-9,16-17H,1-3H3. The Morgan fingerprint density at radius 3 is 2.43 bits per heavy atom. The summed E-state index contributed by atoms with van der Waals surface area (Å²) in [5.41, 5.74) is 2.65. The van der Waals surface area contributed by atoms with E-state index >= 15 is 0 Å². The molecule has 1 aliphatic heterocycles. The molecule has 7 nitrogen and oxygen atoms in total. The van der Waals surface area contributed by atoms with Crippen LogP contribution < -0.4 is 4.90 Å². The Bertz CT molecular complexity index is 1140. The first-order valence-electron chi connectivity index (χ1n) is 8.75. The number of aromatic nitrogens is 3. The van der Waals surface area contributed by atoms with Crippen LogP contribution in [-0.4, -0.2) is 32.1 Å². The van der Waals surface area contributed by atoms with Crippen LogP contribution in [0.3, 0.4) is 0 Å². The molecule has 1 saturated heterocycles. The molecule has 1 aromatic carbocycles. The van der Waals surface area contributed by atoms with Crippen molar-refractivity contribution in [2.24, 2.45) is 5.92 Å². The number of anilines is 1. The number of rotatable bonds is 3. The number of amides is 1. The number of carbonyl (C=O) groups is 3. The van der Waals surface area contributed by atoms with E-state index in [1.165, 1.54) is 11.8 Å². The van der Waals surface area contributed by atoms with Crippen molar-refractivity contribution in [3.05, 3.63) is 58.5 Å². The summed E-state index contributed by atoms with van der Waals surface area (Å²) >= 11 is 5.99. The maximum atomic E-state index is 12.9. The highest BCUT2D eigenvalue weighted by molar-refractivity contribution is 6.48. The van der Waals surface area contributed by atoms with Crippen molar-refractivity contribution < 1.29 is 14.4 Å². The molecule has 1 aliphatic rings. The lowest BCUT2D eigenvalue weighted by Gasteiger charge is -2.27. The van der Waals surface area contributed by atoms with Crippen LogP contribution in [0.5, 0.6) is 0 Å². The molecule has 28 heavy (non-hydrogen) atoms. The van der Waals surface area contributed by atoms with Gasteiger partial charge in [-0.05, 0) is 50.1 Å². The molecule has 3 heterocycles. The summed E-state index contributed by atoms with van der Waals surface area (Å²) in [6, 6.07) is 7.87. The van der Waals surface area contributed by atoms with Gasteiger partial charge in [0.1, 0.15) is 17.5 Å². The molecular formula is C20H17ClN4O3. The molecule has 1 amide bonds. The number of nitrogens with zero attached hydrogens (tertiary/aromatic N) is 4. The van der Waals surface area contributed by atoms with E-state index in [2.05, 4.69) is 10.2 Å². The molecule has 0 bridgehead atoms. The van der Waals surface area contributed by atoms with E-state index in [1.54, 1.807) is 47.9 Å². The number of hydrogen-bond donors (Lipinski definition) is 0. The van der Waals surface area contributed by atoms with Gasteiger partial charge in [-0.25, -0.2) is 0 Å². The van der Waals surface area contributed by atoms with Gasteiger partial charge in [-0.3, -0.25) is 23.7 Å². The Morgan fingerprint density at radius 1 is 1.11 bits per heavy atom. The SMILES string of the molecule is CC(=O)C1C(=O)C(=O)N(c2cc(C)c3nnc(C)n3c2)C1c1ccc(Cl)cc1. The number of hydrogen-bond acceptors (Lipinski definition) is 5. The molecule has 4 rings (SSSR count). The van der Waals surface area contributed by atoms with Crippen LogP contribution >= 0.6 is 11.6 Å². The highest BCUT2D eigenvalue weighted by Crippen LogP contribution is 2.40. The average molecular weight is 397 g/mol. The Balaban J connectivity index is 1.93. The van der Waals surface area contributed by atoms with Crippen molar-refractivity contribution in [3.63, 3.8) is 0 Å². The van der Waals surface area contributed by atoms with Crippen LogP contribution in [0.15, 0.2) is 36.5 Å². The Hall–Kier alpha value is -3.06. The van der Waals surface area contributed by atoms with Crippen molar-refractivity contribution >= 4 is 40.4 Å². The molecule has 3 aromatic rings. The van der Waals surface area contributed by atoms with Gasteiger partial charge >= 0.3 is 0 Å². The number of Topliss-reactive ketones (excluding diaryl/α,β-unsaturated/α-hetero) is 2. The summed E-state index contributed by atoms with van der Waals surface area (Å²) in [5, 5.41) is 8.72. The molecule has 0 N–H and O–H groups in total. The fourth-order valence-corrected chi connectivity index (χ4v) is 3.86. The summed E-state index contributed by atoms with van der Waals surface area (Å²) in [6.07, 6.45) is 1.72. The minimum Gasteiger partial charge on any atom is -0.299 e. The molecule has 2 aromatic heterocycles. The van der Waals surface area contributed by atoms with Gasteiger partial charge in [-0.15, -0.1) is 10.2 Å². The first kappa shape index (κ1) is 18.3. The van der Waals surface area contributed by atoms with Crippen LogP contribution in [0.25, 0.3) is 5.65 Å². The van der Waals surface area contributed by atoms with Gasteiger partial charge < -0.3 is 0 Å². The topological polar surface area (TPSA) is 84.6 Å². The van der Waals surface area contributed by atoms with Crippen LogP contribution in [0.1, 0.15) is 29.9 Å². The lowest BCUT2D eigenvalue weighted by molar-refractivity contribution is -0.138. The minimum absolute atomic E-state index is 0.348. The maximum absolute atomic E-state index is 12.9. The number of ketones is 2. The van der Waals surface area contributed by atoms with Crippen LogP contribution in [0.4, 0.5) is 5.69 Å². The second-order valence-corrected chi connectivity index (χ2v) is 7.38. The van der Waals surface area contributed by atoms with E-state index in [0.29, 0.717) is 27.7 Å². The minimum atomic E-state index is -1.06. The molecule has 2 unspecified atom stereocenters. The third-order valence-electron chi connectivity index (χ3n) is 5.08. The highest BCUT2D eigenvalue weighted by atomic mass is 35.5. The van der Waals surface area contributed by atoms with Gasteiger partial charge in [0.05, 0.1) is 11.7 Å². The molecule has 0 saturated carbocycles. The third-order valence-corrected chi connectivity index (χ3v) is 5.33. The number of aryl methyl sites for hydroxylation is 2. The summed E-state index contributed by atoms with van der Waals surface area (Å²) in [7, 11) is 0. The van der Waals surface area contributed by atoms with Gasteiger partial charge in [0.15, 0.2) is 5.65 Å². The first-order chi connectivity index (χ1) is 13.3. The zero-order valence-corrected chi connectivity index (χ0v) is 16.3. The highest BCUT2D eigenvalue weighted by Gasteiger charge is 2.51. The van der Waals surface area contributed by atoms with Crippen molar-refractivity contribution in [1.82, 2.24) is 14.6 Å². The predicted octanol–water partition coefficient (Wildman–Crippen LogP) is 2.86. The summed E-state index contributed by atoms with van der Waals surface area (Å²) in [5.74, 6) is -2.16. The Morgan fingerprint density at radius 2 is 1.79 bits per heavy atom. The largest absolute Gasteiger partial charge is 0.299 e. The second-order valence-electron chi connectivity index (χ2n) is 6.95.